The molecule has 0 bridgehead atoms. The van der Waals surface area contributed by atoms with Crippen LogP contribution in [0.1, 0.15) is 61.8 Å². The smallest absolute Gasteiger partial charge is 0.127 e. The Kier molecular flexibility index (Phi) is 9.07. The third kappa shape index (κ3) is 8.08. The molecule has 4 heterocycles. The van der Waals surface area contributed by atoms with Gasteiger partial charge in [-0.2, -0.15) is 0 Å². The number of allylic oxidation sites excluding steroid dienone is 1. The van der Waals surface area contributed by atoms with E-state index in [2.05, 4.69) is 26.5 Å². The maximum Gasteiger partial charge on any atom is 0.127 e. The van der Waals surface area contributed by atoms with Crippen LogP contribution < -0.4 is 0 Å². The van der Waals surface area contributed by atoms with Crippen molar-refractivity contribution in [3.8, 4) is 0 Å². The monoisotopic (exact) mass is 408 g/mol. The van der Waals surface area contributed by atoms with Gasteiger partial charge in [-0.15, -0.1) is 0 Å². The van der Waals surface area contributed by atoms with Crippen molar-refractivity contribution in [2.24, 2.45) is 0 Å². The maximum atomic E-state index is 5.54. The summed E-state index contributed by atoms with van der Waals surface area (Å²) < 4.78 is 21.3. The molecule has 4 heteroatoms. The Labute approximate surface area is 179 Å². The minimum atomic E-state index is 0.431. The molecule has 0 radical (unpaired) electrons. The van der Waals surface area contributed by atoms with Crippen molar-refractivity contribution in [3.05, 3.63) is 89.4 Å². The molecule has 30 heavy (non-hydrogen) atoms. The molecular formula is C26H32O4. The second kappa shape index (κ2) is 11.8. The van der Waals surface area contributed by atoms with E-state index in [-0.39, 0.29) is 0 Å². The summed E-state index contributed by atoms with van der Waals surface area (Å²) in [4.78, 5) is 0. The SMILES string of the molecule is C=Cc1ccc(/C=C\c2ccc(CC)o2)o1.CC1=CCC(C)O1.Cc1ccc(C)o1. The van der Waals surface area contributed by atoms with Gasteiger partial charge in [-0.1, -0.05) is 13.5 Å². The molecule has 0 aliphatic carbocycles. The Balaban J connectivity index is 0.000000188. The summed E-state index contributed by atoms with van der Waals surface area (Å²) in [5.74, 6) is 6.44. The van der Waals surface area contributed by atoms with Gasteiger partial charge < -0.3 is 18.0 Å². The first-order chi connectivity index (χ1) is 14.4. The molecule has 0 saturated heterocycles. The van der Waals surface area contributed by atoms with Crippen molar-refractivity contribution < 1.29 is 18.0 Å². The second-order valence-electron chi connectivity index (χ2n) is 7.07. The Hall–Kier alpha value is -3.14. The molecule has 1 aliphatic heterocycles. The molecule has 0 N–H and O–H groups in total. The molecular weight excluding hydrogens is 376 g/mol. The first-order valence-electron chi connectivity index (χ1n) is 10.2. The van der Waals surface area contributed by atoms with Crippen molar-refractivity contribution in [1.82, 2.24) is 0 Å². The van der Waals surface area contributed by atoms with Crippen molar-refractivity contribution in [2.45, 2.75) is 53.6 Å². The van der Waals surface area contributed by atoms with E-state index in [4.69, 9.17) is 18.0 Å². The van der Waals surface area contributed by atoms with Gasteiger partial charge in [0, 0.05) is 12.8 Å². The minimum absolute atomic E-state index is 0.431. The van der Waals surface area contributed by atoms with Crippen LogP contribution in [0, 0.1) is 13.8 Å². The van der Waals surface area contributed by atoms with Gasteiger partial charge in [0.25, 0.3) is 0 Å². The normalized spacial score (nSPS) is 15.0. The highest BCUT2D eigenvalue weighted by Gasteiger charge is 2.07. The highest BCUT2D eigenvalue weighted by molar-refractivity contribution is 5.65. The van der Waals surface area contributed by atoms with Crippen LogP contribution in [0.15, 0.2) is 68.1 Å². The summed E-state index contributed by atoms with van der Waals surface area (Å²) in [6.07, 6.45) is 10.0. The third-order valence-electron chi connectivity index (χ3n) is 4.29. The predicted octanol–water partition coefficient (Wildman–Crippen LogP) is 7.84. The van der Waals surface area contributed by atoms with E-state index in [9.17, 15) is 0 Å². The Bertz CT molecular complexity index is 948. The Morgan fingerprint density at radius 2 is 1.47 bits per heavy atom. The molecule has 1 atom stereocenters. The number of ether oxygens (including phenoxy) is 1. The van der Waals surface area contributed by atoms with E-state index in [1.165, 1.54) is 0 Å². The lowest BCUT2D eigenvalue weighted by Crippen LogP contribution is -1.96. The highest BCUT2D eigenvalue weighted by Crippen LogP contribution is 2.15. The van der Waals surface area contributed by atoms with E-state index in [0.717, 1.165) is 53.2 Å². The van der Waals surface area contributed by atoms with Crippen molar-refractivity contribution in [2.75, 3.05) is 0 Å². The van der Waals surface area contributed by atoms with Crippen LogP contribution in [0.5, 0.6) is 0 Å². The van der Waals surface area contributed by atoms with Crippen LogP contribution in [0.2, 0.25) is 0 Å². The van der Waals surface area contributed by atoms with Gasteiger partial charge in [0.15, 0.2) is 0 Å². The number of furan rings is 3. The van der Waals surface area contributed by atoms with Crippen LogP contribution in [-0.2, 0) is 11.2 Å². The number of hydrogen-bond acceptors (Lipinski definition) is 4. The summed E-state index contributed by atoms with van der Waals surface area (Å²) in [5, 5.41) is 0. The maximum absolute atomic E-state index is 5.54. The lowest BCUT2D eigenvalue weighted by molar-refractivity contribution is 0.161. The molecule has 3 aromatic heterocycles. The Morgan fingerprint density at radius 1 is 0.867 bits per heavy atom. The van der Waals surface area contributed by atoms with Crippen molar-refractivity contribution in [1.29, 1.82) is 0 Å². The number of aryl methyl sites for hydroxylation is 3. The van der Waals surface area contributed by atoms with Crippen LogP contribution in [0.25, 0.3) is 18.2 Å². The molecule has 0 amide bonds. The Morgan fingerprint density at radius 3 is 1.83 bits per heavy atom. The molecule has 0 aromatic carbocycles. The number of rotatable bonds is 4. The van der Waals surface area contributed by atoms with Crippen LogP contribution in [-0.4, -0.2) is 6.10 Å². The van der Waals surface area contributed by atoms with E-state index < -0.39 is 0 Å². The van der Waals surface area contributed by atoms with E-state index in [0.29, 0.717) is 6.10 Å². The van der Waals surface area contributed by atoms with Crippen molar-refractivity contribution in [3.63, 3.8) is 0 Å². The van der Waals surface area contributed by atoms with Crippen LogP contribution >= 0.6 is 0 Å². The second-order valence-corrected chi connectivity index (χ2v) is 7.07. The average Bonchev–Trinajstić information content (AvgIpc) is 3.51. The zero-order valence-electron chi connectivity index (χ0n) is 18.6. The standard InChI is InChI=1S/C14H14O2.C6H10O.C6H8O/c1-3-11-5-7-13(15-11)9-10-14-8-6-12(4-2)16-14;2*1-5-3-4-6(2)7-5/h3,5-10H,1,4H2,2H3;3,6H,4H2,1-2H3;3-4H,1-2H3/b10-9-;;. The molecule has 0 saturated carbocycles. The molecule has 4 nitrogen and oxygen atoms in total. The van der Waals surface area contributed by atoms with E-state index >= 15 is 0 Å². The summed E-state index contributed by atoms with van der Waals surface area (Å²) in [6, 6.07) is 11.6. The molecule has 160 valence electrons. The fourth-order valence-corrected chi connectivity index (χ4v) is 2.71. The zero-order valence-corrected chi connectivity index (χ0v) is 18.6. The molecule has 0 spiro atoms. The third-order valence-corrected chi connectivity index (χ3v) is 4.29. The summed E-state index contributed by atoms with van der Waals surface area (Å²) in [5.41, 5.74) is 0. The first-order valence-corrected chi connectivity index (χ1v) is 10.2. The van der Waals surface area contributed by atoms with Gasteiger partial charge in [0.1, 0.15) is 34.6 Å². The molecule has 1 unspecified atom stereocenters. The first kappa shape index (κ1) is 23.1. The molecule has 1 aliphatic rings. The van der Waals surface area contributed by atoms with Crippen molar-refractivity contribution >= 4 is 18.2 Å². The van der Waals surface area contributed by atoms with Gasteiger partial charge in [0.2, 0.25) is 0 Å². The van der Waals surface area contributed by atoms with Gasteiger partial charge in [-0.3, -0.25) is 0 Å². The lowest BCUT2D eigenvalue weighted by Gasteiger charge is -2.01. The van der Waals surface area contributed by atoms with Crippen LogP contribution in [0.4, 0.5) is 0 Å². The predicted molar refractivity (Wildman–Crippen MR) is 123 cm³/mol. The van der Waals surface area contributed by atoms with Gasteiger partial charge >= 0.3 is 0 Å². The van der Waals surface area contributed by atoms with E-state index in [1.54, 1.807) is 6.08 Å². The largest absolute Gasteiger partial charge is 0.495 e. The molecule has 3 aromatic rings. The van der Waals surface area contributed by atoms with Gasteiger partial charge in [-0.05, 0) is 88.4 Å². The summed E-state index contributed by atoms with van der Waals surface area (Å²) in [6.45, 7) is 13.6. The summed E-state index contributed by atoms with van der Waals surface area (Å²) in [7, 11) is 0. The highest BCUT2D eigenvalue weighted by atomic mass is 16.5. The van der Waals surface area contributed by atoms with Gasteiger partial charge in [0.05, 0.1) is 11.9 Å². The molecule has 0 fully saturated rings. The number of hydrogen-bond donors (Lipinski definition) is 0. The quantitative estimate of drug-likeness (QED) is 0.441. The van der Waals surface area contributed by atoms with E-state index in [1.807, 2.05) is 69.3 Å². The topological polar surface area (TPSA) is 48.7 Å². The van der Waals surface area contributed by atoms with Crippen LogP contribution in [0.3, 0.4) is 0 Å². The lowest BCUT2D eigenvalue weighted by atomic mass is 10.3. The minimum Gasteiger partial charge on any atom is -0.495 e. The molecule has 4 rings (SSSR count). The fourth-order valence-electron chi connectivity index (χ4n) is 2.71. The van der Waals surface area contributed by atoms with Gasteiger partial charge in [-0.25, -0.2) is 0 Å². The average molecular weight is 409 g/mol. The fraction of sp³-hybridized carbons (Fsp3) is 0.308. The summed E-state index contributed by atoms with van der Waals surface area (Å²) >= 11 is 0. The zero-order chi connectivity index (χ0) is 21.9.